The molecule has 3 N–H and O–H groups in total. The molecule has 4 aromatic rings. The minimum Gasteiger partial charge on any atom is -0.475 e. The van der Waals surface area contributed by atoms with Gasteiger partial charge >= 0.3 is 5.97 Å². The molecule has 0 aliphatic heterocycles. The van der Waals surface area contributed by atoms with Crippen molar-refractivity contribution in [3.05, 3.63) is 72.1 Å². The number of nitrogens with one attached hydrogen (secondary N) is 2. The number of hydrogen-bond acceptors (Lipinski definition) is 3. The molecule has 2 heterocycles. The SMILES string of the molecule is O=C(O)C(=O)Cc1c[nH]c2ccccc12.O=CCc1c[nH]c2ccccc12. The largest absolute Gasteiger partial charge is 0.475 e. The molecule has 0 bridgehead atoms. The Morgan fingerprint density at radius 1 is 0.852 bits per heavy atom. The number of carbonyl (C=O) groups is 3. The lowest BCUT2D eigenvalue weighted by Crippen LogP contribution is -2.14. The van der Waals surface area contributed by atoms with E-state index in [-0.39, 0.29) is 6.42 Å². The van der Waals surface area contributed by atoms with Gasteiger partial charge in [0.05, 0.1) is 0 Å². The predicted octanol–water partition coefficient (Wildman–Crippen LogP) is 3.27. The van der Waals surface area contributed by atoms with Crippen molar-refractivity contribution in [2.45, 2.75) is 12.8 Å². The summed E-state index contributed by atoms with van der Waals surface area (Å²) in [6, 6.07) is 15.4. The molecule has 0 saturated carbocycles. The Balaban J connectivity index is 0.000000159. The molecule has 0 unspecified atom stereocenters. The molecule has 27 heavy (non-hydrogen) atoms. The molecular formula is C21H18N2O4. The van der Waals surface area contributed by atoms with E-state index in [2.05, 4.69) is 9.97 Å². The van der Waals surface area contributed by atoms with E-state index in [0.29, 0.717) is 6.42 Å². The highest BCUT2D eigenvalue weighted by molar-refractivity contribution is 6.33. The van der Waals surface area contributed by atoms with Gasteiger partial charge in [-0.2, -0.15) is 0 Å². The molecule has 6 nitrogen and oxygen atoms in total. The number of ketones is 1. The molecule has 2 aromatic carbocycles. The summed E-state index contributed by atoms with van der Waals surface area (Å²) in [5, 5.41) is 10.5. The molecule has 6 heteroatoms. The smallest absolute Gasteiger partial charge is 0.372 e. The van der Waals surface area contributed by atoms with Gasteiger partial charge in [-0.1, -0.05) is 36.4 Å². The third-order valence-electron chi connectivity index (χ3n) is 4.24. The number of carboxylic acid groups (broad SMARTS) is 1. The Hall–Kier alpha value is -3.67. The summed E-state index contributed by atoms with van der Waals surface area (Å²) in [5.74, 6) is -2.18. The van der Waals surface area contributed by atoms with Gasteiger partial charge in [-0.05, 0) is 23.3 Å². The van der Waals surface area contributed by atoms with Gasteiger partial charge < -0.3 is 19.9 Å². The maximum Gasteiger partial charge on any atom is 0.372 e. The maximum atomic E-state index is 11.0. The zero-order valence-corrected chi connectivity index (χ0v) is 14.4. The van der Waals surface area contributed by atoms with Crippen molar-refractivity contribution >= 4 is 39.8 Å². The first-order valence-corrected chi connectivity index (χ1v) is 8.40. The number of benzene rings is 2. The Morgan fingerprint density at radius 2 is 1.37 bits per heavy atom. The summed E-state index contributed by atoms with van der Waals surface area (Å²) >= 11 is 0. The van der Waals surface area contributed by atoms with E-state index in [4.69, 9.17) is 5.11 Å². The Morgan fingerprint density at radius 3 is 1.93 bits per heavy atom. The molecule has 2 aromatic heterocycles. The molecule has 136 valence electrons. The number of aliphatic carboxylic acids is 1. The fraction of sp³-hybridized carbons (Fsp3) is 0.0952. The van der Waals surface area contributed by atoms with Crippen molar-refractivity contribution in [2.24, 2.45) is 0 Å². The molecule has 0 spiro atoms. The lowest BCUT2D eigenvalue weighted by atomic mass is 10.1. The van der Waals surface area contributed by atoms with Crippen LogP contribution >= 0.6 is 0 Å². The first-order valence-electron chi connectivity index (χ1n) is 8.40. The zero-order valence-electron chi connectivity index (χ0n) is 14.4. The quantitative estimate of drug-likeness (QED) is 0.374. The number of aromatic amines is 2. The van der Waals surface area contributed by atoms with Crippen LogP contribution in [0, 0.1) is 0 Å². The second-order valence-corrected chi connectivity index (χ2v) is 5.99. The van der Waals surface area contributed by atoms with Gasteiger partial charge in [-0.3, -0.25) is 4.79 Å². The first-order chi connectivity index (χ1) is 13.1. The number of carboxylic acids is 1. The molecule has 4 rings (SSSR count). The number of rotatable bonds is 5. The van der Waals surface area contributed by atoms with E-state index in [1.807, 2.05) is 54.7 Å². The zero-order chi connectivity index (χ0) is 19.2. The van der Waals surface area contributed by atoms with E-state index >= 15 is 0 Å². The van der Waals surface area contributed by atoms with Gasteiger partial charge in [0.1, 0.15) is 6.29 Å². The topological polar surface area (TPSA) is 103 Å². The number of aromatic nitrogens is 2. The standard InChI is InChI=1S/C11H9NO3.C10H9NO/c13-10(11(14)15)5-7-6-12-9-4-2-1-3-8(7)9;12-6-5-8-7-11-10-4-2-1-3-9(8)10/h1-4,6,12H,5H2,(H,14,15);1-4,6-7,11H,5H2. The number of Topliss-reactive ketones (excluding diaryl/α,β-unsaturated/α-hetero) is 1. The third-order valence-corrected chi connectivity index (χ3v) is 4.24. The van der Waals surface area contributed by atoms with Crippen LogP contribution in [0.2, 0.25) is 0 Å². The summed E-state index contributed by atoms with van der Waals surface area (Å²) in [5.41, 5.74) is 3.79. The summed E-state index contributed by atoms with van der Waals surface area (Å²) < 4.78 is 0. The highest BCUT2D eigenvalue weighted by Crippen LogP contribution is 2.18. The minimum atomic E-state index is -1.39. The van der Waals surface area contributed by atoms with Crippen molar-refractivity contribution in [3.63, 3.8) is 0 Å². The van der Waals surface area contributed by atoms with Crippen molar-refractivity contribution in [2.75, 3.05) is 0 Å². The molecule has 0 amide bonds. The Bertz CT molecular complexity index is 1110. The van der Waals surface area contributed by atoms with Crippen LogP contribution in [-0.4, -0.2) is 33.1 Å². The molecule has 0 radical (unpaired) electrons. The lowest BCUT2D eigenvalue weighted by Gasteiger charge is -1.94. The summed E-state index contributed by atoms with van der Waals surface area (Å²) in [6.45, 7) is 0. The van der Waals surface area contributed by atoms with E-state index in [0.717, 1.165) is 39.2 Å². The molecule has 0 fully saturated rings. The van der Waals surface area contributed by atoms with Gasteiger partial charge in [0.2, 0.25) is 5.78 Å². The van der Waals surface area contributed by atoms with E-state index in [9.17, 15) is 14.4 Å². The molecule has 0 saturated heterocycles. The van der Waals surface area contributed by atoms with Crippen molar-refractivity contribution in [1.29, 1.82) is 0 Å². The summed E-state index contributed by atoms with van der Waals surface area (Å²) in [7, 11) is 0. The summed E-state index contributed by atoms with van der Waals surface area (Å²) in [6.07, 6.45) is 4.91. The molecule has 0 aliphatic carbocycles. The minimum absolute atomic E-state index is 0.0701. The maximum absolute atomic E-state index is 11.0. The second kappa shape index (κ2) is 8.14. The van der Waals surface area contributed by atoms with Crippen LogP contribution in [0.5, 0.6) is 0 Å². The van der Waals surface area contributed by atoms with Gasteiger partial charge in [-0.15, -0.1) is 0 Å². The number of aldehydes is 1. The van der Waals surface area contributed by atoms with Crippen molar-refractivity contribution < 1.29 is 19.5 Å². The number of para-hydroxylation sites is 2. The van der Waals surface area contributed by atoms with Crippen LogP contribution in [-0.2, 0) is 27.2 Å². The third kappa shape index (κ3) is 4.12. The van der Waals surface area contributed by atoms with E-state index < -0.39 is 11.8 Å². The molecule has 0 atom stereocenters. The average Bonchev–Trinajstić information content (AvgIpc) is 3.27. The lowest BCUT2D eigenvalue weighted by molar-refractivity contribution is -0.148. The van der Waals surface area contributed by atoms with Crippen LogP contribution in [0.3, 0.4) is 0 Å². The fourth-order valence-electron chi connectivity index (χ4n) is 2.92. The number of H-pyrrole nitrogens is 2. The average molecular weight is 362 g/mol. The van der Waals surface area contributed by atoms with Gasteiger partial charge in [0.15, 0.2) is 0 Å². The number of fused-ring (bicyclic) bond motifs is 2. The monoisotopic (exact) mass is 362 g/mol. The number of hydrogen-bond donors (Lipinski definition) is 3. The van der Waals surface area contributed by atoms with Crippen molar-refractivity contribution in [1.82, 2.24) is 9.97 Å². The normalized spacial score (nSPS) is 10.4. The van der Waals surface area contributed by atoms with Gasteiger partial charge in [0, 0.05) is 47.0 Å². The predicted molar refractivity (Wildman–Crippen MR) is 103 cm³/mol. The van der Waals surface area contributed by atoms with Crippen LogP contribution in [0.1, 0.15) is 11.1 Å². The van der Waals surface area contributed by atoms with Crippen LogP contribution < -0.4 is 0 Å². The Labute approximate surface area is 154 Å². The van der Waals surface area contributed by atoms with Crippen LogP contribution in [0.25, 0.3) is 21.8 Å². The van der Waals surface area contributed by atoms with E-state index in [1.54, 1.807) is 6.20 Å². The van der Waals surface area contributed by atoms with Gasteiger partial charge in [-0.25, -0.2) is 4.79 Å². The Kier molecular flexibility index (Phi) is 5.47. The first kappa shape index (κ1) is 18.1. The van der Waals surface area contributed by atoms with Crippen LogP contribution in [0.4, 0.5) is 0 Å². The summed E-state index contributed by atoms with van der Waals surface area (Å²) in [4.78, 5) is 37.8. The fourth-order valence-corrected chi connectivity index (χ4v) is 2.92. The van der Waals surface area contributed by atoms with Gasteiger partial charge in [0.25, 0.3) is 0 Å². The molecule has 0 aliphatic rings. The highest BCUT2D eigenvalue weighted by Gasteiger charge is 2.14. The second-order valence-electron chi connectivity index (χ2n) is 5.99. The van der Waals surface area contributed by atoms with Crippen LogP contribution in [0.15, 0.2) is 60.9 Å². The highest BCUT2D eigenvalue weighted by atomic mass is 16.4. The van der Waals surface area contributed by atoms with Crippen molar-refractivity contribution in [3.8, 4) is 0 Å². The molecular weight excluding hydrogens is 344 g/mol. The van der Waals surface area contributed by atoms with E-state index in [1.165, 1.54) is 0 Å². The number of carbonyl (C=O) groups excluding carboxylic acids is 2.